The van der Waals surface area contributed by atoms with Gasteiger partial charge in [-0.2, -0.15) is 0 Å². The number of hydrogen-bond donors (Lipinski definition) is 1. The molecule has 1 aromatic rings. The van der Waals surface area contributed by atoms with E-state index >= 15 is 0 Å². The summed E-state index contributed by atoms with van der Waals surface area (Å²) in [4.78, 5) is 2.12. The summed E-state index contributed by atoms with van der Waals surface area (Å²) in [6.07, 6.45) is 0. The van der Waals surface area contributed by atoms with Crippen LogP contribution in [0.5, 0.6) is 0 Å². The Labute approximate surface area is 83.5 Å². The Morgan fingerprint density at radius 2 is 2.00 bits per heavy atom. The maximum atomic E-state index is 5.56. The maximum absolute atomic E-state index is 5.56. The van der Waals surface area contributed by atoms with Gasteiger partial charge in [0.2, 0.25) is 5.89 Å². The van der Waals surface area contributed by atoms with Crippen molar-refractivity contribution < 1.29 is 4.42 Å². The van der Waals surface area contributed by atoms with E-state index in [1.54, 1.807) is 0 Å². The largest absolute Gasteiger partial charge is 0.408 e. The molecule has 0 aromatic carbocycles. The number of anilines is 1. The van der Waals surface area contributed by atoms with Gasteiger partial charge in [-0.15, -0.1) is 5.10 Å². The van der Waals surface area contributed by atoms with Crippen LogP contribution in [0.3, 0.4) is 0 Å². The highest BCUT2D eigenvalue weighted by molar-refractivity contribution is 5.25. The van der Waals surface area contributed by atoms with E-state index in [-0.39, 0.29) is 0 Å². The van der Waals surface area contributed by atoms with Crippen LogP contribution in [-0.2, 0) is 0 Å². The molecule has 2 rings (SSSR count). The van der Waals surface area contributed by atoms with Crippen LogP contribution in [0.1, 0.15) is 25.7 Å². The number of nitrogens with zero attached hydrogens (tertiary/aromatic N) is 3. The molecule has 1 aliphatic heterocycles. The lowest BCUT2D eigenvalue weighted by molar-refractivity contribution is 0.449. The van der Waals surface area contributed by atoms with Crippen molar-refractivity contribution in [1.82, 2.24) is 15.5 Å². The van der Waals surface area contributed by atoms with Gasteiger partial charge in [-0.05, 0) is 0 Å². The highest BCUT2D eigenvalue weighted by Gasteiger charge is 2.17. The quantitative estimate of drug-likeness (QED) is 0.750. The Hall–Kier alpha value is -1.10. The Bertz CT molecular complexity index is 291. The van der Waals surface area contributed by atoms with Crippen LogP contribution in [0.2, 0.25) is 0 Å². The zero-order chi connectivity index (χ0) is 9.97. The van der Waals surface area contributed by atoms with Gasteiger partial charge >= 0.3 is 6.01 Å². The van der Waals surface area contributed by atoms with Gasteiger partial charge in [0.05, 0.1) is 0 Å². The maximum Gasteiger partial charge on any atom is 0.318 e. The normalized spacial score (nSPS) is 17.8. The summed E-state index contributed by atoms with van der Waals surface area (Å²) in [6.45, 7) is 7.96. The lowest BCUT2D eigenvalue weighted by atomic mass is 10.2. The fraction of sp³-hybridized carbons (Fsp3) is 0.778. The van der Waals surface area contributed by atoms with Crippen molar-refractivity contribution in [2.75, 3.05) is 31.1 Å². The molecule has 1 fully saturated rings. The Kier molecular flexibility index (Phi) is 2.67. The van der Waals surface area contributed by atoms with Gasteiger partial charge in [-0.25, -0.2) is 0 Å². The summed E-state index contributed by atoms with van der Waals surface area (Å²) in [7, 11) is 0. The molecule has 5 nitrogen and oxygen atoms in total. The van der Waals surface area contributed by atoms with Gasteiger partial charge in [-0.3, -0.25) is 0 Å². The standard InChI is InChI=1S/C9H16N4O/c1-7(2)8-11-12-9(14-8)13-5-3-10-4-6-13/h7,10H,3-6H2,1-2H3. The lowest BCUT2D eigenvalue weighted by Gasteiger charge is -2.25. The third-order valence-corrected chi connectivity index (χ3v) is 2.31. The van der Waals surface area contributed by atoms with Crippen LogP contribution in [0.25, 0.3) is 0 Å². The van der Waals surface area contributed by atoms with Crippen LogP contribution >= 0.6 is 0 Å². The summed E-state index contributed by atoms with van der Waals surface area (Å²) in [5.74, 6) is 1.03. The minimum atomic E-state index is 0.305. The number of hydrogen-bond acceptors (Lipinski definition) is 5. The first kappa shape index (κ1) is 9.45. The minimum Gasteiger partial charge on any atom is -0.408 e. The molecule has 1 aliphatic rings. The molecular formula is C9H16N4O. The van der Waals surface area contributed by atoms with Crippen LogP contribution in [0.15, 0.2) is 4.42 Å². The molecule has 1 N–H and O–H groups in total. The molecule has 0 unspecified atom stereocenters. The molecule has 0 radical (unpaired) electrons. The number of nitrogens with one attached hydrogen (secondary N) is 1. The minimum absolute atomic E-state index is 0.305. The van der Waals surface area contributed by atoms with Gasteiger partial charge < -0.3 is 14.6 Å². The number of piperazine rings is 1. The molecule has 0 spiro atoms. The average Bonchev–Trinajstić information content (AvgIpc) is 2.68. The van der Waals surface area contributed by atoms with E-state index in [9.17, 15) is 0 Å². The zero-order valence-electron chi connectivity index (χ0n) is 8.66. The number of aromatic nitrogens is 2. The van der Waals surface area contributed by atoms with Crippen molar-refractivity contribution >= 4 is 6.01 Å². The molecule has 0 aliphatic carbocycles. The van der Waals surface area contributed by atoms with Gasteiger partial charge in [0, 0.05) is 32.1 Å². The van der Waals surface area contributed by atoms with E-state index in [1.807, 2.05) is 0 Å². The lowest BCUT2D eigenvalue weighted by Crippen LogP contribution is -2.43. The third-order valence-electron chi connectivity index (χ3n) is 2.31. The van der Waals surface area contributed by atoms with Gasteiger partial charge in [0.25, 0.3) is 0 Å². The monoisotopic (exact) mass is 196 g/mol. The van der Waals surface area contributed by atoms with Crippen LogP contribution in [0.4, 0.5) is 6.01 Å². The molecule has 78 valence electrons. The summed E-state index contributed by atoms with van der Waals surface area (Å²) >= 11 is 0. The smallest absolute Gasteiger partial charge is 0.318 e. The van der Waals surface area contributed by atoms with E-state index in [1.165, 1.54) is 0 Å². The molecule has 2 heterocycles. The summed E-state index contributed by atoms with van der Waals surface area (Å²) in [6, 6.07) is 0.662. The van der Waals surface area contributed by atoms with Crippen molar-refractivity contribution in [3.8, 4) is 0 Å². The first-order valence-electron chi connectivity index (χ1n) is 5.06. The summed E-state index contributed by atoms with van der Waals surface area (Å²) < 4.78 is 5.56. The predicted molar refractivity (Wildman–Crippen MR) is 53.5 cm³/mol. The predicted octanol–water partition coefficient (Wildman–Crippen LogP) is 0.603. The molecule has 1 aromatic heterocycles. The molecule has 14 heavy (non-hydrogen) atoms. The molecule has 0 atom stereocenters. The van der Waals surface area contributed by atoms with Gasteiger partial charge in [-0.1, -0.05) is 18.9 Å². The summed E-state index contributed by atoms with van der Waals surface area (Å²) in [5, 5.41) is 11.3. The number of rotatable bonds is 2. The topological polar surface area (TPSA) is 54.2 Å². The fourth-order valence-electron chi connectivity index (χ4n) is 1.44. The highest BCUT2D eigenvalue weighted by Crippen LogP contribution is 2.18. The van der Waals surface area contributed by atoms with Gasteiger partial charge in [0.1, 0.15) is 0 Å². The van der Waals surface area contributed by atoms with Crippen molar-refractivity contribution in [3.05, 3.63) is 5.89 Å². The SMILES string of the molecule is CC(C)c1nnc(N2CCNCC2)o1. The Morgan fingerprint density at radius 3 is 2.57 bits per heavy atom. The van der Waals surface area contributed by atoms with Gasteiger partial charge in [0.15, 0.2) is 0 Å². The molecule has 0 bridgehead atoms. The Balaban J connectivity index is 2.07. The van der Waals surface area contributed by atoms with Crippen LogP contribution in [-0.4, -0.2) is 36.4 Å². The first-order chi connectivity index (χ1) is 6.77. The van der Waals surface area contributed by atoms with Crippen LogP contribution in [0, 0.1) is 0 Å². The highest BCUT2D eigenvalue weighted by atomic mass is 16.4. The second-order valence-electron chi connectivity index (χ2n) is 3.81. The third kappa shape index (κ3) is 1.87. The van der Waals surface area contributed by atoms with E-state index in [0.717, 1.165) is 32.1 Å². The Morgan fingerprint density at radius 1 is 1.29 bits per heavy atom. The van der Waals surface area contributed by atoms with E-state index in [0.29, 0.717) is 11.9 Å². The van der Waals surface area contributed by atoms with Crippen LogP contribution < -0.4 is 10.2 Å². The second-order valence-corrected chi connectivity index (χ2v) is 3.81. The van der Waals surface area contributed by atoms with E-state index in [2.05, 4.69) is 34.3 Å². The van der Waals surface area contributed by atoms with Crippen molar-refractivity contribution in [3.63, 3.8) is 0 Å². The second kappa shape index (κ2) is 3.96. The average molecular weight is 196 g/mol. The summed E-state index contributed by atoms with van der Waals surface area (Å²) in [5.41, 5.74) is 0. The van der Waals surface area contributed by atoms with Crippen molar-refractivity contribution in [2.45, 2.75) is 19.8 Å². The molecule has 0 amide bonds. The molecule has 1 saturated heterocycles. The van der Waals surface area contributed by atoms with E-state index < -0.39 is 0 Å². The fourth-order valence-corrected chi connectivity index (χ4v) is 1.44. The molecule has 0 saturated carbocycles. The van der Waals surface area contributed by atoms with Crippen molar-refractivity contribution in [1.29, 1.82) is 0 Å². The first-order valence-corrected chi connectivity index (χ1v) is 5.06. The van der Waals surface area contributed by atoms with Crippen molar-refractivity contribution in [2.24, 2.45) is 0 Å². The molecular weight excluding hydrogens is 180 g/mol. The zero-order valence-corrected chi connectivity index (χ0v) is 8.66. The van der Waals surface area contributed by atoms with E-state index in [4.69, 9.17) is 4.42 Å². The molecule has 5 heteroatoms.